The number of benzene rings is 1. The van der Waals surface area contributed by atoms with Crippen molar-refractivity contribution in [3.8, 4) is 0 Å². The van der Waals surface area contributed by atoms with Crippen molar-refractivity contribution < 1.29 is 8.42 Å². The molecule has 7 heteroatoms. The van der Waals surface area contributed by atoms with Gasteiger partial charge < -0.3 is 5.32 Å². The van der Waals surface area contributed by atoms with E-state index in [9.17, 15) is 8.42 Å². The normalized spacial score (nSPS) is 12.2. The topological polar surface area (TPSA) is 58.2 Å². The van der Waals surface area contributed by atoms with Gasteiger partial charge in [0.2, 0.25) is 0 Å². The van der Waals surface area contributed by atoms with Crippen LogP contribution in [0.5, 0.6) is 0 Å². The molecule has 1 heterocycles. The summed E-state index contributed by atoms with van der Waals surface area (Å²) >= 11 is 4.44. The molecule has 0 bridgehead atoms. The molecular formula is C14H17BrN2O2S2. The summed E-state index contributed by atoms with van der Waals surface area (Å²) in [5.74, 6) is 0. The number of hydrogen-bond donors (Lipinski definition) is 2. The largest absolute Gasteiger partial charge is 0.380 e. The summed E-state index contributed by atoms with van der Waals surface area (Å²) in [7, 11) is -3.52. The molecule has 0 saturated heterocycles. The summed E-state index contributed by atoms with van der Waals surface area (Å²) in [5, 5.41) is 3.32. The lowest BCUT2D eigenvalue weighted by Gasteiger charge is -2.22. The molecule has 114 valence electrons. The molecule has 0 saturated carbocycles. The number of nitrogens with one attached hydrogen (secondary N) is 2. The highest BCUT2D eigenvalue weighted by molar-refractivity contribution is 9.11. The van der Waals surface area contributed by atoms with Gasteiger partial charge in [-0.15, -0.1) is 11.3 Å². The summed E-state index contributed by atoms with van der Waals surface area (Å²) in [6, 6.07) is 10.5. The third-order valence-electron chi connectivity index (χ3n) is 2.47. The minimum Gasteiger partial charge on any atom is -0.380 e. The zero-order valence-corrected chi connectivity index (χ0v) is 15.2. The Morgan fingerprint density at radius 3 is 2.05 bits per heavy atom. The maximum atomic E-state index is 12.2. The first-order valence-corrected chi connectivity index (χ1v) is 9.41. The molecule has 0 amide bonds. The molecule has 2 aromatic rings. The summed E-state index contributed by atoms with van der Waals surface area (Å²) < 4.78 is 28.0. The van der Waals surface area contributed by atoms with Gasteiger partial charge in [0, 0.05) is 16.9 Å². The predicted molar refractivity (Wildman–Crippen MR) is 92.6 cm³/mol. The van der Waals surface area contributed by atoms with Crippen molar-refractivity contribution in [2.75, 3.05) is 10.0 Å². The van der Waals surface area contributed by atoms with Gasteiger partial charge in [-0.3, -0.25) is 4.72 Å². The number of halogens is 1. The Morgan fingerprint density at radius 1 is 1.00 bits per heavy atom. The molecule has 21 heavy (non-hydrogen) atoms. The lowest BCUT2D eigenvalue weighted by atomic mass is 10.1. The predicted octanol–water partition coefficient (Wildman–Crippen LogP) is 4.52. The van der Waals surface area contributed by atoms with Crippen LogP contribution in [0.2, 0.25) is 0 Å². The number of hydrogen-bond acceptors (Lipinski definition) is 4. The summed E-state index contributed by atoms with van der Waals surface area (Å²) in [6.45, 7) is 6.20. The van der Waals surface area contributed by atoms with Crippen molar-refractivity contribution >= 4 is 48.7 Å². The molecule has 0 aliphatic rings. The van der Waals surface area contributed by atoms with Crippen LogP contribution in [0.15, 0.2) is 44.4 Å². The zero-order valence-electron chi connectivity index (χ0n) is 12.0. The Balaban J connectivity index is 2.13. The quantitative estimate of drug-likeness (QED) is 0.808. The molecule has 2 rings (SSSR count). The molecule has 2 N–H and O–H groups in total. The van der Waals surface area contributed by atoms with E-state index in [0.29, 0.717) is 5.69 Å². The van der Waals surface area contributed by atoms with Gasteiger partial charge in [-0.2, -0.15) is 0 Å². The molecule has 1 aromatic heterocycles. The van der Waals surface area contributed by atoms with Crippen LogP contribution in [-0.4, -0.2) is 14.0 Å². The molecule has 0 radical (unpaired) electrons. The lowest BCUT2D eigenvalue weighted by molar-refractivity contribution is 0.603. The van der Waals surface area contributed by atoms with Crippen LogP contribution in [0, 0.1) is 0 Å². The van der Waals surface area contributed by atoms with E-state index >= 15 is 0 Å². The molecule has 0 fully saturated rings. The average molecular weight is 389 g/mol. The van der Waals surface area contributed by atoms with Crippen LogP contribution in [0.25, 0.3) is 0 Å². The van der Waals surface area contributed by atoms with Crippen molar-refractivity contribution in [1.82, 2.24) is 0 Å². The Labute approximate surface area is 137 Å². The van der Waals surface area contributed by atoms with E-state index in [1.54, 1.807) is 24.3 Å². The van der Waals surface area contributed by atoms with E-state index in [1.165, 1.54) is 11.3 Å². The first-order valence-electron chi connectivity index (χ1n) is 6.32. The molecule has 4 nitrogen and oxygen atoms in total. The molecule has 0 aliphatic heterocycles. The smallest absolute Gasteiger partial charge is 0.271 e. The van der Waals surface area contributed by atoms with E-state index in [4.69, 9.17) is 0 Å². The van der Waals surface area contributed by atoms with Gasteiger partial charge in [0.15, 0.2) is 0 Å². The van der Waals surface area contributed by atoms with E-state index < -0.39 is 10.0 Å². The summed E-state index contributed by atoms with van der Waals surface area (Å²) in [4.78, 5) is 0. The third-order valence-corrected chi connectivity index (χ3v) is 5.97. The number of anilines is 2. The van der Waals surface area contributed by atoms with Crippen molar-refractivity contribution in [2.45, 2.75) is 30.5 Å². The van der Waals surface area contributed by atoms with Crippen LogP contribution in [0.1, 0.15) is 20.8 Å². The second-order valence-electron chi connectivity index (χ2n) is 5.62. The average Bonchev–Trinajstić information content (AvgIpc) is 2.77. The lowest BCUT2D eigenvalue weighted by Crippen LogP contribution is -2.25. The van der Waals surface area contributed by atoms with E-state index in [0.717, 1.165) is 9.47 Å². The molecule has 0 aliphatic carbocycles. The Kier molecular flexibility index (Phi) is 4.65. The van der Waals surface area contributed by atoms with Gasteiger partial charge in [-0.05, 0) is 73.1 Å². The number of rotatable bonds is 4. The molecule has 0 spiro atoms. The van der Waals surface area contributed by atoms with Crippen molar-refractivity contribution in [3.63, 3.8) is 0 Å². The summed E-state index contributed by atoms with van der Waals surface area (Å²) in [6.07, 6.45) is 0. The molecule has 1 aromatic carbocycles. The van der Waals surface area contributed by atoms with Gasteiger partial charge in [0.25, 0.3) is 10.0 Å². The standard InChI is InChI=1S/C14H17BrN2O2S2/c1-14(2,3)16-10-4-6-11(7-5-10)17-21(18,19)13-9-8-12(15)20-13/h4-9,16-17H,1-3H3. The van der Waals surface area contributed by atoms with Gasteiger partial charge in [0.1, 0.15) is 4.21 Å². The second kappa shape index (κ2) is 5.98. The summed E-state index contributed by atoms with van der Waals surface area (Å²) in [5.41, 5.74) is 1.45. The van der Waals surface area contributed by atoms with Crippen LogP contribution < -0.4 is 10.0 Å². The first-order chi connectivity index (χ1) is 9.66. The van der Waals surface area contributed by atoms with E-state index in [-0.39, 0.29) is 9.75 Å². The van der Waals surface area contributed by atoms with Crippen molar-refractivity contribution in [2.24, 2.45) is 0 Å². The van der Waals surface area contributed by atoms with Crippen LogP contribution >= 0.6 is 27.3 Å². The highest BCUT2D eigenvalue weighted by atomic mass is 79.9. The van der Waals surface area contributed by atoms with Crippen molar-refractivity contribution in [3.05, 3.63) is 40.2 Å². The zero-order chi connectivity index (χ0) is 15.7. The van der Waals surface area contributed by atoms with Gasteiger partial charge in [-0.1, -0.05) is 0 Å². The monoisotopic (exact) mass is 388 g/mol. The fraction of sp³-hybridized carbons (Fsp3) is 0.286. The highest BCUT2D eigenvalue weighted by Gasteiger charge is 2.16. The Hall–Kier alpha value is -1.05. The van der Waals surface area contributed by atoms with Crippen LogP contribution in [0.3, 0.4) is 0 Å². The van der Waals surface area contributed by atoms with Gasteiger partial charge >= 0.3 is 0 Å². The van der Waals surface area contributed by atoms with Gasteiger partial charge in [0.05, 0.1) is 3.79 Å². The number of sulfonamides is 1. The SMILES string of the molecule is CC(C)(C)Nc1ccc(NS(=O)(=O)c2ccc(Br)s2)cc1. The minimum atomic E-state index is -3.52. The molecule has 0 unspecified atom stereocenters. The molecule has 0 atom stereocenters. The molecular weight excluding hydrogens is 372 g/mol. The maximum Gasteiger partial charge on any atom is 0.271 e. The van der Waals surface area contributed by atoms with Crippen molar-refractivity contribution in [1.29, 1.82) is 0 Å². The highest BCUT2D eigenvalue weighted by Crippen LogP contribution is 2.28. The van der Waals surface area contributed by atoms with E-state index in [2.05, 4.69) is 46.7 Å². The third kappa shape index (κ3) is 4.72. The maximum absolute atomic E-state index is 12.2. The fourth-order valence-electron chi connectivity index (χ4n) is 1.70. The van der Waals surface area contributed by atoms with Crippen LogP contribution in [0.4, 0.5) is 11.4 Å². The minimum absolute atomic E-state index is 0.0374. The number of thiophene rings is 1. The van der Waals surface area contributed by atoms with E-state index in [1.807, 2.05) is 12.1 Å². The second-order valence-corrected chi connectivity index (χ2v) is 9.99. The Bertz CT molecular complexity index is 716. The Morgan fingerprint density at radius 2 is 1.57 bits per heavy atom. The van der Waals surface area contributed by atoms with Gasteiger partial charge in [-0.25, -0.2) is 8.42 Å². The fourth-order valence-corrected chi connectivity index (χ4v) is 4.77. The van der Waals surface area contributed by atoms with Crippen LogP contribution in [-0.2, 0) is 10.0 Å². The first kappa shape index (κ1) is 16.3.